The minimum Gasteiger partial charge on any atom is -0.497 e. The average molecular weight is 320 g/mol. The number of benzene rings is 1. The highest BCUT2D eigenvalue weighted by Crippen LogP contribution is 2.28. The van der Waals surface area contributed by atoms with Crippen LogP contribution in [0.3, 0.4) is 0 Å². The zero-order chi connectivity index (χ0) is 16.2. The van der Waals surface area contributed by atoms with E-state index < -0.39 is 44.1 Å². The maximum atomic E-state index is 11.9. The van der Waals surface area contributed by atoms with Crippen molar-refractivity contribution in [2.45, 2.75) is 11.0 Å². The lowest BCUT2D eigenvalue weighted by molar-refractivity contribution is -0.387. The molecule has 0 aliphatic heterocycles. The van der Waals surface area contributed by atoms with Gasteiger partial charge in [0.15, 0.2) is 11.0 Å². The number of sulfonamides is 1. The highest BCUT2D eigenvalue weighted by Gasteiger charge is 2.27. The molecule has 1 rings (SSSR count). The molecule has 0 amide bonds. The van der Waals surface area contributed by atoms with Crippen molar-refractivity contribution >= 4 is 21.7 Å². The molecular weight excluding hydrogens is 308 g/mol. The molecule has 1 aromatic carbocycles. The average Bonchev–Trinajstić information content (AvgIpc) is 2.43. The van der Waals surface area contributed by atoms with Crippen LogP contribution in [0.5, 0.6) is 5.75 Å². The molecule has 1 aromatic rings. The van der Waals surface area contributed by atoms with Crippen LogP contribution in [0.15, 0.2) is 23.1 Å². The fourth-order valence-corrected chi connectivity index (χ4v) is 2.54. The fraction of sp³-hybridized carbons (Fsp3) is 0.300. The van der Waals surface area contributed by atoms with Crippen LogP contribution in [-0.2, 0) is 14.8 Å². The highest BCUT2D eigenvalue weighted by atomic mass is 32.2. The summed E-state index contributed by atoms with van der Waals surface area (Å²) in [5.41, 5.74) is -0.730. The van der Waals surface area contributed by atoms with E-state index >= 15 is 0 Å². The van der Waals surface area contributed by atoms with Crippen LogP contribution in [0.2, 0.25) is 0 Å². The number of carboxylic acid groups (broad SMARTS) is 1. The zero-order valence-electron chi connectivity index (χ0n) is 10.7. The third-order valence-electron chi connectivity index (χ3n) is 2.40. The van der Waals surface area contributed by atoms with Crippen LogP contribution in [-0.4, -0.2) is 49.3 Å². The van der Waals surface area contributed by atoms with Gasteiger partial charge >= 0.3 is 5.97 Å². The number of aliphatic hydroxyl groups is 1. The summed E-state index contributed by atoms with van der Waals surface area (Å²) < 4.78 is 30.4. The van der Waals surface area contributed by atoms with Crippen LogP contribution in [0, 0.1) is 10.1 Å². The molecule has 0 heterocycles. The SMILES string of the molecule is COc1ccc(S(=O)(=O)NC[C@H](O)C(=O)O)c([N+](=O)[O-])c1. The Kier molecular flexibility index (Phi) is 5.18. The van der Waals surface area contributed by atoms with E-state index in [4.69, 9.17) is 14.9 Å². The molecule has 0 unspecified atom stereocenters. The Morgan fingerprint density at radius 2 is 2.14 bits per heavy atom. The monoisotopic (exact) mass is 320 g/mol. The zero-order valence-corrected chi connectivity index (χ0v) is 11.5. The van der Waals surface area contributed by atoms with Crippen molar-refractivity contribution in [3.8, 4) is 5.75 Å². The Labute approximate surface area is 119 Å². The van der Waals surface area contributed by atoms with Gasteiger partial charge in [0.1, 0.15) is 5.75 Å². The molecule has 0 aromatic heterocycles. The second kappa shape index (κ2) is 6.47. The van der Waals surface area contributed by atoms with Crippen LogP contribution in [0.4, 0.5) is 5.69 Å². The van der Waals surface area contributed by atoms with E-state index in [0.717, 1.165) is 12.1 Å². The number of nitro groups is 1. The molecule has 10 nitrogen and oxygen atoms in total. The van der Waals surface area contributed by atoms with E-state index in [1.807, 2.05) is 0 Å². The van der Waals surface area contributed by atoms with Crippen LogP contribution >= 0.6 is 0 Å². The molecule has 3 N–H and O–H groups in total. The Morgan fingerprint density at radius 1 is 1.52 bits per heavy atom. The second-order valence-corrected chi connectivity index (χ2v) is 5.53. The van der Waals surface area contributed by atoms with Gasteiger partial charge in [-0.1, -0.05) is 0 Å². The summed E-state index contributed by atoms with van der Waals surface area (Å²) in [5.74, 6) is -1.53. The van der Waals surface area contributed by atoms with Gasteiger partial charge in [-0.15, -0.1) is 0 Å². The first kappa shape index (κ1) is 16.8. The van der Waals surface area contributed by atoms with Crippen molar-refractivity contribution in [2.75, 3.05) is 13.7 Å². The van der Waals surface area contributed by atoms with Gasteiger partial charge in [0, 0.05) is 6.54 Å². The normalized spacial score (nSPS) is 12.7. The third-order valence-corrected chi connectivity index (χ3v) is 3.88. The first-order valence-electron chi connectivity index (χ1n) is 5.42. The Balaban J connectivity index is 3.13. The number of hydrogen-bond acceptors (Lipinski definition) is 7. The lowest BCUT2D eigenvalue weighted by Crippen LogP contribution is -2.36. The van der Waals surface area contributed by atoms with Crippen molar-refractivity contribution in [3.63, 3.8) is 0 Å². The van der Waals surface area contributed by atoms with Gasteiger partial charge in [0.25, 0.3) is 5.69 Å². The summed E-state index contributed by atoms with van der Waals surface area (Å²) >= 11 is 0. The minimum absolute atomic E-state index is 0.0891. The largest absolute Gasteiger partial charge is 0.497 e. The summed E-state index contributed by atoms with van der Waals surface area (Å²) in [6.07, 6.45) is -1.96. The molecule has 0 saturated carbocycles. The van der Waals surface area contributed by atoms with Gasteiger partial charge in [0.2, 0.25) is 10.0 Å². The molecule has 0 fully saturated rings. The minimum atomic E-state index is -4.36. The molecule has 0 aliphatic carbocycles. The van der Waals surface area contributed by atoms with Gasteiger partial charge in [-0.2, -0.15) is 0 Å². The Hall–Kier alpha value is -2.24. The molecule has 116 valence electrons. The van der Waals surface area contributed by atoms with Gasteiger partial charge in [-0.05, 0) is 12.1 Å². The highest BCUT2D eigenvalue weighted by molar-refractivity contribution is 7.89. The number of methoxy groups -OCH3 is 1. The lowest BCUT2D eigenvalue weighted by atomic mass is 10.3. The molecule has 1 atom stereocenters. The predicted molar refractivity (Wildman–Crippen MR) is 68.5 cm³/mol. The number of rotatable bonds is 7. The molecule has 0 saturated heterocycles. The molecule has 0 spiro atoms. The first-order valence-corrected chi connectivity index (χ1v) is 6.90. The van der Waals surface area contributed by atoms with Crippen molar-refractivity contribution in [1.82, 2.24) is 4.72 Å². The van der Waals surface area contributed by atoms with Crippen molar-refractivity contribution in [3.05, 3.63) is 28.3 Å². The summed E-state index contributed by atoms with van der Waals surface area (Å²) in [6, 6.07) is 3.07. The maximum absolute atomic E-state index is 11.9. The van der Waals surface area contributed by atoms with Gasteiger partial charge in [-0.3, -0.25) is 10.1 Å². The van der Waals surface area contributed by atoms with E-state index in [-0.39, 0.29) is 5.75 Å². The number of aliphatic hydroxyl groups excluding tert-OH is 1. The van der Waals surface area contributed by atoms with Gasteiger partial charge in [-0.25, -0.2) is 17.9 Å². The lowest BCUT2D eigenvalue weighted by Gasteiger charge is -2.10. The summed E-state index contributed by atoms with van der Waals surface area (Å²) in [4.78, 5) is 19.7. The quantitative estimate of drug-likeness (QED) is 0.441. The molecule has 0 bridgehead atoms. The predicted octanol–water partition coefficient (Wildman–Crippen LogP) is -0.673. The number of nitrogens with zero attached hydrogens (tertiary/aromatic N) is 1. The first-order chi connectivity index (χ1) is 9.69. The maximum Gasteiger partial charge on any atom is 0.333 e. The van der Waals surface area contributed by atoms with Crippen LogP contribution < -0.4 is 9.46 Å². The van der Waals surface area contributed by atoms with E-state index in [1.54, 1.807) is 4.72 Å². The number of carboxylic acids is 1. The number of hydrogen-bond donors (Lipinski definition) is 3. The molecule has 0 radical (unpaired) electrons. The van der Waals surface area contributed by atoms with E-state index in [9.17, 15) is 23.3 Å². The molecular formula is C10H12N2O8S. The number of nitrogens with one attached hydrogen (secondary N) is 1. The second-order valence-electron chi connectivity index (χ2n) is 3.80. The number of aliphatic carboxylic acids is 1. The standard InChI is InChI=1S/C10H12N2O8S/c1-20-6-2-3-9(7(4-6)12(16)17)21(18,19)11-5-8(13)10(14)15/h2-4,8,11,13H,5H2,1H3,(H,14,15)/t8-/m0/s1. The number of carbonyl (C=O) groups is 1. The van der Waals surface area contributed by atoms with Crippen LogP contribution in [0.1, 0.15) is 0 Å². The van der Waals surface area contributed by atoms with Crippen LogP contribution in [0.25, 0.3) is 0 Å². The van der Waals surface area contributed by atoms with E-state index in [1.165, 1.54) is 13.2 Å². The molecule has 21 heavy (non-hydrogen) atoms. The Bertz CT molecular complexity index is 657. The van der Waals surface area contributed by atoms with E-state index in [2.05, 4.69) is 0 Å². The third kappa shape index (κ3) is 4.11. The Morgan fingerprint density at radius 3 is 2.62 bits per heavy atom. The number of nitro benzene ring substituents is 1. The summed E-state index contributed by atoms with van der Waals surface area (Å²) in [6.45, 7) is -0.819. The smallest absolute Gasteiger partial charge is 0.333 e. The van der Waals surface area contributed by atoms with Gasteiger partial charge in [0.05, 0.1) is 18.1 Å². The summed E-state index contributed by atoms with van der Waals surface area (Å²) in [7, 11) is -3.10. The van der Waals surface area contributed by atoms with Crippen molar-refractivity contribution < 1.29 is 33.1 Å². The van der Waals surface area contributed by atoms with Crippen molar-refractivity contribution in [1.29, 1.82) is 0 Å². The van der Waals surface area contributed by atoms with E-state index in [0.29, 0.717) is 0 Å². The summed E-state index contributed by atoms with van der Waals surface area (Å²) in [5, 5.41) is 28.4. The topological polar surface area (TPSA) is 156 Å². The molecule has 11 heteroatoms. The molecule has 0 aliphatic rings. The van der Waals surface area contributed by atoms with Crippen molar-refractivity contribution in [2.24, 2.45) is 0 Å². The fourth-order valence-electron chi connectivity index (χ4n) is 1.35. The number of ether oxygens (including phenoxy) is 1. The van der Waals surface area contributed by atoms with Gasteiger partial charge < -0.3 is 14.9 Å².